The maximum atomic E-state index is 12.4. The molecule has 0 heterocycles. The minimum Gasteiger partial charge on any atom is -0.469 e. The zero-order chi connectivity index (χ0) is 20.6. The van der Waals surface area contributed by atoms with E-state index in [0.717, 1.165) is 22.3 Å². The van der Waals surface area contributed by atoms with Crippen molar-refractivity contribution in [3.8, 4) is 12.1 Å². The summed E-state index contributed by atoms with van der Waals surface area (Å²) in [6, 6.07) is 8.56. The Balaban J connectivity index is 3.06. The van der Waals surface area contributed by atoms with Crippen molar-refractivity contribution in [3.05, 3.63) is 46.0 Å². The second-order valence-electron chi connectivity index (χ2n) is 7.63. The van der Waals surface area contributed by atoms with Crippen LogP contribution in [-0.2, 0) is 16.0 Å². The summed E-state index contributed by atoms with van der Waals surface area (Å²) in [4.78, 5) is 12.4. The highest BCUT2D eigenvalue weighted by atomic mass is 16.5. The predicted octanol–water partition coefficient (Wildman–Crippen LogP) is 5.11. The number of nitriles is 2. The Morgan fingerprint density at radius 2 is 1.74 bits per heavy atom. The number of rotatable bonds is 8. The van der Waals surface area contributed by atoms with Crippen LogP contribution in [0.15, 0.2) is 23.8 Å². The highest BCUT2D eigenvalue weighted by molar-refractivity contribution is 5.72. The molecule has 0 saturated heterocycles. The van der Waals surface area contributed by atoms with Crippen molar-refractivity contribution in [2.75, 3.05) is 7.11 Å². The number of hydrogen-bond donors (Lipinski definition) is 0. The highest BCUT2D eigenvalue weighted by Crippen LogP contribution is 2.32. The van der Waals surface area contributed by atoms with E-state index in [2.05, 4.69) is 31.2 Å². The van der Waals surface area contributed by atoms with Crippen LogP contribution in [-0.4, -0.2) is 13.1 Å². The standard InChI is InChI=1S/C23H30N2O2/c1-16(2)7-9-23(14-24,15-25)10-8-20(22(26)27-6)13-21-18(4)11-17(3)12-19(21)5/h7,11-12,20H,8-10,13H2,1-6H3. The second-order valence-corrected chi connectivity index (χ2v) is 7.63. The summed E-state index contributed by atoms with van der Waals surface area (Å²) in [5.41, 5.74) is 4.59. The molecular weight excluding hydrogens is 336 g/mol. The van der Waals surface area contributed by atoms with Crippen LogP contribution in [0.2, 0.25) is 0 Å². The van der Waals surface area contributed by atoms with Gasteiger partial charge in [0.05, 0.1) is 25.2 Å². The molecule has 4 heteroatoms. The molecular formula is C23H30N2O2. The number of allylic oxidation sites excluding steroid dienone is 2. The van der Waals surface area contributed by atoms with Gasteiger partial charge in [-0.3, -0.25) is 4.79 Å². The molecule has 0 saturated carbocycles. The largest absolute Gasteiger partial charge is 0.469 e. The molecule has 1 unspecified atom stereocenters. The summed E-state index contributed by atoms with van der Waals surface area (Å²) in [5, 5.41) is 19.2. The predicted molar refractivity (Wildman–Crippen MR) is 107 cm³/mol. The molecule has 0 aliphatic rings. The Morgan fingerprint density at radius 1 is 1.19 bits per heavy atom. The molecule has 0 aromatic heterocycles. The van der Waals surface area contributed by atoms with Crippen LogP contribution in [0.25, 0.3) is 0 Å². The van der Waals surface area contributed by atoms with Crippen molar-refractivity contribution in [3.63, 3.8) is 0 Å². The van der Waals surface area contributed by atoms with Gasteiger partial charge >= 0.3 is 5.97 Å². The maximum Gasteiger partial charge on any atom is 0.308 e. The van der Waals surface area contributed by atoms with Gasteiger partial charge in [0.2, 0.25) is 0 Å². The first kappa shape index (κ1) is 22.5. The number of methoxy groups -OCH3 is 1. The average Bonchev–Trinajstić information content (AvgIpc) is 2.62. The molecule has 0 aliphatic carbocycles. The van der Waals surface area contributed by atoms with Gasteiger partial charge < -0.3 is 4.74 Å². The monoisotopic (exact) mass is 366 g/mol. The number of carbonyl (C=O) groups excluding carboxylic acids is 1. The summed E-state index contributed by atoms with van der Waals surface area (Å²) in [7, 11) is 1.38. The molecule has 144 valence electrons. The number of benzene rings is 1. The normalized spacial score (nSPS) is 11.9. The quantitative estimate of drug-likeness (QED) is 0.473. The lowest BCUT2D eigenvalue weighted by Gasteiger charge is -2.22. The topological polar surface area (TPSA) is 73.9 Å². The Bertz CT molecular complexity index is 753. The lowest BCUT2D eigenvalue weighted by Crippen LogP contribution is -2.24. The number of hydrogen-bond acceptors (Lipinski definition) is 4. The van der Waals surface area contributed by atoms with Gasteiger partial charge in [-0.1, -0.05) is 29.3 Å². The van der Waals surface area contributed by atoms with Crippen molar-refractivity contribution < 1.29 is 9.53 Å². The molecule has 0 radical (unpaired) electrons. The van der Waals surface area contributed by atoms with Gasteiger partial charge in [0.15, 0.2) is 0 Å². The molecule has 0 aliphatic heterocycles. The Hall–Kier alpha value is -2.59. The number of nitrogens with zero attached hydrogens (tertiary/aromatic N) is 2. The van der Waals surface area contributed by atoms with Gasteiger partial charge in [-0.05, 0) is 77.0 Å². The first-order chi connectivity index (χ1) is 12.7. The third kappa shape index (κ3) is 6.26. The van der Waals surface area contributed by atoms with Crippen molar-refractivity contribution in [1.29, 1.82) is 10.5 Å². The van der Waals surface area contributed by atoms with E-state index in [-0.39, 0.29) is 11.9 Å². The fourth-order valence-corrected chi connectivity index (χ4v) is 3.38. The van der Waals surface area contributed by atoms with Crippen molar-refractivity contribution in [2.24, 2.45) is 11.3 Å². The minimum atomic E-state index is -1.11. The van der Waals surface area contributed by atoms with Gasteiger partial charge in [0, 0.05) is 0 Å². The van der Waals surface area contributed by atoms with Crippen LogP contribution in [0.5, 0.6) is 0 Å². The number of esters is 1. The zero-order valence-electron chi connectivity index (χ0n) is 17.3. The molecule has 1 aromatic rings. The first-order valence-electron chi connectivity index (χ1n) is 9.28. The van der Waals surface area contributed by atoms with E-state index in [0.29, 0.717) is 25.7 Å². The van der Waals surface area contributed by atoms with Gasteiger partial charge in [-0.25, -0.2) is 0 Å². The fraction of sp³-hybridized carbons (Fsp3) is 0.522. The summed E-state index contributed by atoms with van der Waals surface area (Å²) >= 11 is 0. The molecule has 1 aromatic carbocycles. The lowest BCUT2D eigenvalue weighted by molar-refractivity contribution is -0.145. The van der Waals surface area contributed by atoms with E-state index in [1.54, 1.807) is 0 Å². The number of ether oxygens (including phenoxy) is 1. The zero-order valence-corrected chi connectivity index (χ0v) is 17.3. The molecule has 0 spiro atoms. The van der Waals surface area contributed by atoms with Crippen LogP contribution < -0.4 is 0 Å². The molecule has 1 rings (SSSR count). The highest BCUT2D eigenvalue weighted by Gasteiger charge is 2.32. The summed E-state index contributed by atoms with van der Waals surface area (Å²) < 4.78 is 5.00. The minimum absolute atomic E-state index is 0.290. The van der Waals surface area contributed by atoms with Crippen molar-refractivity contribution in [2.45, 2.75) is 60.3 Å². The molecule has 0 amide bonds. The summed E-state index contributed by atoms with van der Waals surface area (Å²) in [6.45, 7) is 10.0. The van der Waals surface area contributed by atoms with Crippen LogP contribution in [0.4, 0.5) is 0 Å². The van der Waals surface area contributed by atoms with E-state index in [1.807, 2.05) is 33.8 Å². The van der Waals surface area contributed by atoms with Crippen LogP contribution in [0, 0.1) is 54.8 Å². The van der Waals surface area contributed by atoms with Gasteiger partial charge in [-0.15, -0.1) is 0 Å². The Morgan fingerprint density at radius 3 is 2.19 bits per heavy atom. The molecule has 27 heavy (non-hydrogen) atoms. The van der Waals surface area contributed by atoms with Gasteiger partial charge in [0.1, 0.15) is 5.41 Å². The first-order valence-corrected chi connectivity index (χ1v) is 9.28. The van der Waals surface area contributed by atoms with E-state index < -0.39 is 5.41 Å². The second kappa shape index (κ2) is 9.93. The van der Waals surface area contributed by atoms with E-state index in [9.17, 15) is 15.3 Å². The third-order valence-corrected chi connectivity index (χ3v) is 5.03. The van der Waals surface area contributed by atoms with Gasteiger partial charge in [-0.2, -0.15) is 10.5 Å². The fourth-order valence-electron chi connectivity index (χ4n) is 3.38. The maximum absolute atomic E-state index is 12.4. The molecule has 4 nitrogen and oxygen atoms in total. The lowest BCUT2D eigenvalue weighted by atomic mass is 9.78. The SMILES string of the molecule is COC(=O)C(CCC(C#N)(C#N)CC=C(C)C)Cc1c(C)cc(C)cc1C. The van der Waals surface area contributed by atoms with Crippen molar-refractivity contribution in [1.82, 2.24) is 0 Å². The number of aryl methyl sites for hydroxylation is 3. The van der Waals surface area contributed by atoms with E-state index >= 15 is 0 Å². The van der Waals surface area contributed by atoms with Crippen LogP contribution in [0.1, 0.15) is 55.4 Å². The Kier molecular flexibility index (Phi) is 8.26. The molecule has 0 bridgehead atoms. The van der Waals surface area contributed by atoms with Crippen molar-refractivity contribution >= 4 is 5.97 Å². The molecule has 0 N–H and O–H groups in total. The third-order valence-electron chi connectivity index (χ3n) is 5.03. The van der Waals surface area contributed by atoms with Crippen LogP contribution >= 0.6 is 0 Å². The molecule has 0 fully saturated rings. The Labute approximate surface area is 163 Å². The molecule has 1 atom stereocenters. The average molecular weight is 367 g/mol. The van der Waals surface area contributed by atoms with Crippen LogP contribution in [0.3, 0.4) is 0 Å². The van der Waals surface area contributed by atoms with E-state index in [1.165, 1.54) is 12.7 Å². The summed E-state index contributed by atoms with van der Waals surface area (Å²) in [6.07, 6.45) is 3.62. The smallest absolute Gasteiger partial charge is 0.308 e. The van der Waals surface area contributed by atoms with Gasteiger partial charge in [0.25, 0.3) is 0 Å². The number of carbonyl (C=O) groups is 1. The summed E-state index contributed by atoms with van der Waals surface area (Å²) in [5.74, 6) is -0.663. The van der Waals surface area contributed by atoms with E-state index in [4.69, 9.17) is 4.74 Å².